The molecule has 0 aromatic carbocycles. The number of carbonyl (C=O) groups is 1. The molecule has 5 heteroatoms. The van der Waals surface area contributed by atoms with Gasteiger partial charge in [0, 0.05) is 38.6 Å². The SMILES string of the molecule is CNC(=O)CC(CN)N1CCOC2CCCC21. The Bertz CT molecular complexity index is 272. The molecule has 1 aliphatic carbocycles. The molecule has 1 saturated heterocycles. The number of amides is 1. The van der Waals surface area contributed by atoms with Gasteiger partial charge in [-0.25, -0.2) is 0 Å². The fourth-order valence-corrected chi connectivity index (χ4v) is 3.06. The largest absolute Gasteiger partial charge is 0.375 e. The van der Waals surface area contributed by atoms with Crippen molar-refractivity contribution in [2.45, 2.75) is 43.9 Å². The number of ether oxygens (including phenoxy) is 1. The number of hydrogen-bond acceptors (Lipinski definition) is 4. The van der Waals surface area contributed by atoms with Crippen LogP contribution in [0.1, 0.15) is 25.7 Å². The van der Waals surface area contributed by atoms with Crippen LogP contribution >= 0.6 is 0 Å². The molecular weight excluding hydrogens is 218 g/mol. The van der Waals surface area contributed by atoms with Crippen LogP contribution in [-0.2, 0) is 9.53 Å². The van der Waals surface area contributed by atoms with Gasteiger partial charge in [-0.3, -0.25) is 9.69 Å². The fourth-order valence-electron chi connectivity index (χ4n) is 3.06. The van der Waals surface area contributed by atoms with Crippen molar-refractivity contribution in [3.63, 3.8) is 0 Å². The molecule has 3 N–H and O–H groups in total. The summed E-state index contributed by atoms with van der Waals surface area (Å²) >= 11 is 0. The zero-order valence-electron chi connectivity index (χ0n) is 10.5. The molecule has 0 radical (unpaired) electrons. The van der Waals surface area contributed by atoms with Crippen molar-refractivity contribution in [3.05, 3.63) is 0 Å². The molecule has 1 amide bonds. The Morgan fingerprint density at radius 1 is 1.59 bits per heavy atom. The summed E-state index contributed by atoms with van der Waals surface area (Å²) in [5.74, 6) is 0.0708. The average molecular weight is 241 g/mol. The van der Waals surface area contributed by atoms with E-state index in [4.69, 9.17) is 10.5 Å². The summed E-state index contributed by atoms with van der Waals surface area (Å²) in [6.07, 6.45) is 4.41. The van der Waals surface area contributed by atoms with Gasteiger partial charge in [-0.1, -0.05) is 0 Å². The van der Waals surface area contributed by atoms with Crippen LogP contribution in [0, 0.1) is 0 Å². The Labute approximate surface area is 103 Å². The topological polar surface area (TPSA) is 67.6 Å². The second-order valence-electron chi connectivity index (χ2n) is 4.91. The van der Waals surface area contributed by atoms with E-state index < -0.39 is 0 Å². The van der Waals surface area contributed by atoms with E-state index in [1.165, 1.54) is 12.8 Å². The van der Waals surface area contributed by atoms with E-state index in [0.29, 0.717) is 25.1 Å². The summed E-state index contributed by atoms with van der Waals surface area (Å²) in [7, 11) is 1.67. The van der Waals surface area contributed by atoms with Crippen molar-refractivity contribution in [1.29, 1.82) is 0 Å². The van der Waals surface area contributed by atoms with Gasteiger partial charge < -0.3 is 15.8 Å². The Hall–Kier alpha value is -0.650. The number of carbonyl (C=O) groups excluding carboxylic acids is 1. The molecule has 2 fully saturated rings. The van der Waals surface area contributed by atoms with Gasteiger partial charge in [-0.05, 0) is 19.3 Å². The third-order valence-corrected chi connectivity index (χ3v) is 3.97. The molecule has 0 aromatic rings. The molecule has 1 heterocycles. The van der Waals surface area contributed by atoms with Crippen molar-refractivity contribution < 1.29 is 9.53 Å². The number of fused-ring (bicyclic) bond motifs is 1. The molecule has 0 aromatic heterocycles. The molecule has 0 spiro atoms. The number of morpholine rings is 1. The van der Waals surface area contributed by atoms with Crippen LogP contribution in [0.2, 0.25) is 0 Å². The van der Waals surface area contributed by atoms with Crippen LogP contribution < -0.4 is 11.1 Å². The van der Waals surface area contributed by atoms with E-state index in [9.17, 15) is 4.79 Å². The first kappa shape index (κ1) is 12.8. The normalized spacial score (nSPS) is 30.9. The third kappa shape index (κ3) is 2.78. The Morgan fingerprint density at radius 2 is 2.41 bits per heavy atom. The van der Waals surface area contributed by atoms with E-state index in [1.807, 2.05) is 0 Å². The second-order valence-corrected chi connectivity index (χ2v) is 4.91. The maximum Gasteiger partial charge on any atom is 0.221 e. The standard InChI is InChI=1S/C12H23N3O2/c1-14-12(16)7-9(8-13)15-5-6-17-11-4-2-3-10(11)15/h9-11H,2-8,13H2,1H3,(H,14,16). The Balaban J connectivity index is 1.99. The highest BCUT2D eigenvalue weighted by Crippen LogP contribution is 2.31. The minimum Gasteiger partial charge on any atom is -0.375 e. The molecule has 2 aliphatic rings. The molecule has 98 valence electrons. The van der Waals surface area contributed by atoms with Crippen molar-refractivity contribution >= 4 is 5.91 Å². The zero-order chi connectivity index (χ0) is 12.3. The number of nitrogens with one attached hydrogen (secondary N) is 1. The lowest BCUT2D eigenvalue weighted by Crippen LogP contribution is -2.56. The molecule has 17 heavy (non-hydrogen) atoms. The lowest BCUT2D eigenvalue weighted by molar-refractivity contribution is -0.124. The van der Waals surface area contributed by atoms with Crippen LogP contribution in [-0.4, -0.2) is 55.7 Å². The van der Waals surface area contributed by atoms with Crippen LogP contribution in [0.15, 0.2) is 0 Å². The third-order valence-electron chi connectivity index (χ3n) is 3.97. The molecule has 5 nitrogen and oxygen atoms in total. The first-order chi connectivity index (χ1) is 8.26. The van der Waals surface area contributed by atoms with Crippen LogP contribution in [0.25, 0.3) is 0 Å². The van der Waals surface area contributed by atoms with Gasteiger partial charge >= 0.3 is 0 Å². The lowest BCUT2D eigenvalue weighted by Gasteiger charge is -2.42. The van der Waals surface area contributed by atoms with E-state index in [2.05, 4.69) is 10.2 Å². The van der Waals surface area contributed by atoms with Gasteiger partial charge in [0.15, 0.2) is 0 Å². The number of nitrogens with zero attached hydrogens (tertiary/aromatic N) is 1. The molecular formula is C12H23N3O2. The van der Waals surface area contributed by atoms with E-state index in [0.717, 1.165) is 19.6 Å². The van der Waals surface area contributed by atoms with Crippen molar-refractivity contribution in [2.75, 3.05) is 26.7 Å². The number of rotatable bonds is 4. The minimum absolute atomic E-state index is 0.0708. The smallest absolute Gasteiger partial charge is 0.221 e. The van der Waals surface area contributed by atoms with Gasteiger partial charge in [0.1, 0.15) is 0 Å². The van der Waals surface area contributed by atoms with Crippen molar-refractivity contribution in [2.24, 2.45) is 5.73 Å². The number of hydrogen-bond donors (Lipinski definition) is 2. The van der Waals surface area contributed by atoms with Crippen LogP contribution in [0.5, 0.6) is 0 Å². The van der Waals surface area contributed by atoms with Gasteiger partial charge in [-0.2, -0.15) is 0 Å². The van der Waals surface area contributed by atoms with E-state index >= 15 is 0 Å². The first-order valence-electron chi connectivity index (χ1n) is 6.54. The van der Waals surface area contributed by atoms with Crippen molar-refractivity contribution in [1.82, 2.24) is 10.2 Å². The predicted octanol–water partition coefficient (Wildman–Crippen LogP) is -0.297. The first-order valence-corrected chi connectivity index (χ1v) is 6.54. The number of nitrogens with two attached hydrogens (primary N) is 1. The molecule has 2 rings (SSSR count). The predicted molar refractivity (Wildman–Crippen MR) is 65.6 cm³/mol. The van der Waals surface area contributed by atoms with E-state index in [1.54, 1.807) is 7.05 Å². The highest BCUT2D eigenvalue weighted by molar-refractivity contribution is 5.76. The molecule has 1 aliphatic heterocycles. The van der Waals surface area contributed by atoms with Crippen LogP contribution in [0.3, 0.4) is 0 Å². The Morgan fingerprint density at radius 3 is 3.12 bits per heavy atom. The van der Waals surface area contributed by atoms with Gasteiger partial charge in [0.25, 0.3) is 0 Å². The summed E-state index contributed by atoms with van der Waals surface area (Å²) in [4.78, 5) is 13.9. The average Bonchev–Trinajstić information content (AvgIpc) is 2.83. The maximum atomic E-state index is 11.5. The van der Waals surface area contributed by atoms with Gasteiger partial charge in [-0.15, -0.1) is 0 Å². The lowest BCUT2D eigenvalue weighted by atomic mass is 10.0. The summed E-state index contributed by atoms with van der Waals surface area (Å²) in [5, 5.41) is 2.68. The molecule has 1 saturated carbocycles. The minimum atomic E-state index is 0.0708. The molecule has 3 unspecified atom stereocenters. The summed E-state index contributed by atoms with van der Waals surface area (Å²) in [6.45, 7) is 2.21. The van der Waals surface area contributed by atoms with Crippen LogP contribution in [0.4, 0.5) is 0 Å². The molecule has 3 atom stereocenters. The summed E-state index contributed by atoms with van der Waals surface area (Å²) in [6, 6.07) is 0.631. The molecule has 0 bridgehead atoms. The quantitative estimate of drug-likeness (QED) is 0.709. The summed E-state index contributed by atoms with van der Waals surface area (Å²) in [5.41, 5.74) is 5.83. The van der Waals surface area contributed by atoms with Crippen molar-refractivity contribution in [3.8, 4) is 0 Å². The monoisotopic (exact) mass is 241 g/mol. The Kier molecular flexibility index (Phi) is 4.36. The maximum absolute atomic E-state index is 11.5. The van der Waals surface area contributed by atoms with Gasteiger partial charge in [0.05, 0.1) is 12.7 Å². The zero-order valence-corrected chi connectivity index (χ0v) is 10.5. The fraction of sp³-hybridized carbons (Fsp3) is 0.917. The van der Waals surface area contributed by atoms with E-state index in [-0.39, 0.29) is 11.9 Å². The highest BCUT2D eigenvalue weighted by Gasteiger charge is 2.39. The highest BCUT2D eigenvalue weighted by atomic mass is 16.5. The van der Waals surface area contributed by atoms with Gasteiger partial charge in [0.2, 0.25) is 5.91 Å². The second kappa shape index (κ2) is 5.80. The summed E-state index contributed by atoms with van der Waals surface area (Å²) < 4.78 is 5.78.